The number of carbonyl (C=O) groups is 1. The molecule has 0 radical (unpaired) electrons. The number of rotatable bonds is 7. The van der Waals surface area contributed by atoms with Crippen molar-refractivity contribution in [1.29, 1.82) is 0 Å². The standard InChI is InChI=1S/C22H27N5O3.C3H8/c1-5-15(2)12-23-16(3)17-10-18-21(19(11-17)29-4)25-14-26-22(18)24-13-20(28)27-6-8-30-9-7-27;1-3-2/h5,10-12,14H,1,6-9,13H2,2-4H3,(H,24,25,26);3H2,1-2H3/b15-12-,23-16?;. The van der Waals surface area contributed by atoms with Gasteiger partial charge in [0.25, 0.3) is 0 Å². The van der Waals surface area contributed by atoms with E-state index in [0.29, 0.717) is 43.4 Å². The van der Waals surface area contributed by atoms with Crippen LogP contribution in [0.2, 0.25) is 0 Å². The molecule has 1 aromatic heterocycles. The summed E-state index contributed by atoms with van der Waals surface area (Å²) < 4.78 is 10.9. The predicted octanol–water partition coefficient (Wildman–Crippen LogP) is 4.22. The van der Waals surface area contributed by atoms with Crippen LogP contribution < -0.4 is 10.1 Å². The lowest BCUT2D eigenvalue weighted by Gasteiger charge is -2.27. The van der Waals surface area contributed by atoms with Gasteiger partial charge in [0.2, 0.25) is 5.91 Å². The van der Waals surface area contributed by atoms with E-state index in [1.807, 2.05) is 26.0 Å². The van der Waals surface area contributed by atoms with E-state index < -0.39 is 0 Å². The Morgan fingerprint density at radius 3 is 2.61 bits per heavy atom. The number of hydrogen-bond donors (Lipinski definition) is 1. The Hall–Kier alpha value is -3.26. The fourth-order valence-corrected chi connectivity index (χ4v) is 3.05. The van der Waals surface area contributed by atoms with Crippen molar-refractivity contribution < 1.29 is 14.3 Å². The lowest BCUT2D eigenvalue weighted by molar-refractivity contribution is -0.133. The van der Waals surface area contributed by atoms with Gasteiger partial charge in [0, 0.05) is 36.0 Å². The number of morpholine rings is 1. The molecule has 1 fully saturated rings. The van der Waals surface area contributed by atoms with Crippen molar-refractivity contribution >= 4 is 28.3 Å². The molecule has 0 saturated carbocycles. The van der Waals surface area contributed by atoms with E-state index in [-0.39, 0.29) is 12.5 Å². The molecule has 8 heteroatoms. The Morgan fingerprint density at radius 1 is 1.27 bits per heavy atom. The Balaban J connectivity index is 0.00000122. The molecule has 3 rings (SSSR count). The summed E-state index contributed by atoms with van der Waals surface area (Å²) in [6.07, 6.45) is 6.23. The van der Waals surface area contributed by atoms with Crippen LogP contribution in [0, 0.1) is 0 Å². The number of fused-ring (bicyclic) bond motifs is 1. The first-order valence-corrected chi connectivity index (χ1v) is 11.2. The lowest BCUT2D eigenvalue weighted by atomic mass is 10.1. The second-order valence-corrected chi connectivity index (χ2v) is 7.64. The molecule has 0 aliphatic carbocycles. The van der Waals surface area contributed by atoms with Gasteiger partial charge in [-0.05, 0) is 31.6 Å². The van der Waals surface area contributed by atoms with Crippen molar-refractivity contribution in [3.63, 3.8) is 0 Å². The van der Waals surface area contributed by atoms with Gasteiger partial charge in [-0.15, -0.1) is 0 Å². The molecule has 33 heavy (non-hydrogen) atoms. The molecule has 178 valence electrons. The SMILES string of the molecule is C=C/C(C)=C\N=C(C)c1cc(OC)c2ncnc(NCC(=O)N3CCOCC3)c2c1.CCC. The molecule has 8 nitrogen and oxygen atoms in total. The van der Waals surface area contributed by atoms with E-state index in [0.717, 1.165) is 22.2 Å². The summed E-state index contributed by atoms with van der Waals surface area (Å²) in [5, 5.41) is 3.92. The fourth-order valence-electron chi connectivity index (χ4n) is 3.05. The number of nitrogens with one attached hydrogen (secondary N) is 1. The van der Waals surface area contributed by atoms with Gasteiger partial charge in [-0.3, -0.25) is 9.79 Å². The second-order valence-electron chi connectivity index (χ2n) is 7.64. The summed E-state index contributed by atoms with van der Waals surface area (Å²) in [5.74, 6) is 1.20. The minimum atomic E-state index is 0.0102. The molecule has 1 aromatic carbocycles. The van der Waals surface area contributed by atoms with Gasteiger partial charge >= 0.3 is 0 Å². The molecule has 1 aliphatic heterocycles. The summed E-state index contributed by atoms with van der Waals surface area (Å²) in [4.78, 5) is 27.5. The van der Waals surface area contributed by atoms with Crippen LogP contribution in [0.25, 0.3) is 10.9 Å². The molecule has 1 aliphatic rings. The predicted molar refractivity (Wildman–Crippen MR) is 134 cm³/mol. The molecule has 2 aromatic rings. The van der Waals surface area contributed by atoms with Crippen molar-refractivity contribution in [2.45, 2.75) is 34.1 Å². The number of carbonyl (C=O) groups excluding carboxylic acids is 1. The largest absolute Gasteiger partial charge is 0.494 e. The zero-order valence-electron chi connectivity index (χ0n) is 20.4. The van der Waals surface area contributed by atoms with Crippen LogP contribution in [0.1, 0.15) is 39.7 Å². The maximum absolute atomic E-state index is 12.5. The summed E-state index contributed by atoms with van der Waals surface area (Å²) >= 11 is 0. The van der Waals surface area contributed by atoms with Crippen LogP contribution in [-0.4, -0.2) is 66.4 Å². The van der Waals surface area contributed by atoms with E-state index in [1.165, 1.54) is 12.7 Å². The van der Waals surface area contributed by atoms with E-state index >= 15 is 0 Å². The Bertz CT molecular complexity index is 1010. The number of hydrogen-bond acceptors (Lipinski definition) is 7. The van der Waals surface area contributed by atoms with Crippen LogP contribution >= 0.6 is 0 Å². The highest BCUT2D eigenvalue weighted by atomic mass is 16.5. The first-order chi connectivity index (χ1) is 15.9. The van der Waals surface area contributed by atoms with Gasteiger partial charge in [0.1, 0.15) is 23.4 Å². The third-order valence-electron chi connectivity index (χ3n) is 4.90. The Labute approximate surface area is 196 Å². The van der Waals surface area contributed by atoms with Crippen molar-refractivity contribution in [3.05, 3.63) is 48.5 Å². The Kier molecular flexibility index (Phi) is 10.5. The number of aromatic nitrogens is 2. The number of ether oxygens (including phenoxy) is 2. The zero-order chi connectivity index (χ0) is 24.2. The molecule has 0 bridgehead atoms. The van der Waals surface area contributed by atoms with Crippen molar-refractivity contribution in [2.75, 3.05) is 45.3 Å². The minimum Gasteiger partial charge on any atom is -0.494 e. The molecular weight excluding hydrogens is 418 g/mol. The highest BCUT2D eigenvalue weighted by molar-refractivity contribution is 6.05. The van der Waals surface area contributed by atoms with Crippen LogP contribution in [0.3, 0.4) is 0 Å². The number of aliphatic imine (C=N–C) groups is 1. The van der Waals surface area contributed by atoms with Gasteiger partial charge in [0.15, 0.2) is 0 Å². The smallest absolute Gasteiger partial charge is 0.242 e. The van der Waals surface area contributed by atoms with Gasteiger partial charge in [-0.25, -0.2) is 9.97 Å². The Morgan fingerprint density at radius 2 is 1.97 bits per heavy atom. The number of methoxy groups -OCH3 is 1. The fraction of sp³-hybridized carbons (Fsp3) is 0.440. The summed E-state index contributed by atoms with van der Waals surface area (Å²) in [7, 11) is 1.60. The number of amides is 1. The van der Waals surface area contributed by atoms with Crippen LogP contribution in [-0.2, 0) is 9.53 Å². The summed E-state index contributed by atoms with van der Waals surface area (Å²) in [5.41, 5.74) is 3.33. The first-order valence-electron chi connectivity index (χ1n) is 11.2. The summed E-state index contributed by atoms with van der Waals surface area (Å²) in [6, 6.07) is 3.85. The average molecular weight is 454 g/mol. The lowest BCUT2D eigenvalue weighted by Crippen LogP contribution is -2.43. The van der Waals surface area contributed by atoms with E-state index in [9.17, 15) is 4.79 Å². The maximum Gasteiger partial charge on any atom is 0.242 e. The second kappa shape index (κ2) is 13.3. The van der Waals surface area contributed by atoms with Gasteiger partial charge in [-0.1, -0.05) is 32.9 Å². The van der Waals surface area contributed by atoms with Crippen LogP contribution in [0.15, 0.2) is 47.9 Å². The average Bonchev–Trinajstić information content (AvgIpc) is 2.85. The van der Waals surface area contributed by atoms with Gasteiger partial charge < -0.3 is 19.7 Å². The molecule has 0 unspecified atom stereocenters. The van der Waals surface area contributed by atoms with E-state index in [4.69, 9.17) is 9.47 Å². The first kappa shape index (κ1) is 26.0. The molecular formula is C25H35N5O3. The number of anilines is 1. The van der Waals surface area contributed by atoms with Crippen molar-refractivity contribution in [1.82, 2.24) is 14.9 Å². The molecule has 1 amide bonds. The minimum absolute atomic E-state index is 0.0102. The van der Waals surface area contributed by atoms with E-state index in [2.05, 4.69) is 40.7 Å². The highest BCUT2D eigenvalue weighted by Gasteiger charge is 2.18. The third kappa shape index (κ3) is 7.39. The quantitative estimate of drug-likeness (QED) is 0.499. The number of allylic oxidation sites excluding steroid dienone is 2. The molecule has 0 spiro atoms. The maximum atomic E-state index is 12.5. The monoisotopic (exact) mass is 453 g/mol. The topological polar surface area (TPSA) is 88.9 Å². The third-order valence-corrected chi connectivity index (χ3v) is 4.90. The summed E-state index contributed by atoms with van der Waals surface area (Å²) in [6.45, 7) is 14.4. The van der Waals surface area contributed by atoms with E-state index in [1.54, 1.807) is 24.3 Å². The van der Waals surface area contributed by atoms with Gasteiger partial charge in [-0.2, -0.15) is 0 Å². The normalized spacial score (nSPS) is 14.4. The van der Waals surface area contributed by atoms with Gasteiger partial charge in [0.05, 0.1) is 26.9 Å². The van der Waals surface area contributed by atoms with Crippen molar-refractivity contribution in [3.8, 4) is 5.75 Å². The van der Waals surface area contributed by atoms with Crippen LogP contribution in [0.5, 0.6) is 5.75 Å². The molecule has 0 atom stereocenters. The number of benzene rings is 1. The highest BCUT2D eigenvalue weighted by Crippen LogP contribution is 2.29. The molecule has 1 saturated heterocycles. The molecule has 2 heterocycles. The zero-order valence-corrected chi connectivity index (χ0v) is 20.4. The van der Waals surface area contributed by atoms with Crippen molar-refractivity contribution in [2.24, 2.45) is 4.99 Å². The molecule has 1 N–H and O–H groups in total. The van der Waals surface area contributed by atoms with Crippen LogP contribution in [0.4, 0.5) is 5.82 Å². The number of nitrogens with zero attached hydrogens (tertiary/aromatic N) is 4.